The Hall–Kier alpha value is -2.60. The fourth-order valence-corrected chi connectivity index (χ4v) is 5.27. The van der Waals surface area contributed by atoms with Crippen molar-refractivity contribution in [2.24, 2.45) is 5.92 Å². The van der Waals surface area contributed by atoms with Crippen molar-refractivity contribution in [2.75, 3.05) is 19.7 Å². The molecule has 1 unspecified atom stereocenters. The van der Waals surface area contributed by atoms with Gasteiger partial charge in [0.05, 0.1) is 18.2 Å². The lowest BCUT2D eigenvalue weighted by molar-refractivity contribution is 0.0467. The topological polar surface area (TPSA) is 38.8 Å². The number of esters is 1. The van der Waals surface area contributed by atoms with Gasteiger partial charge in [-0.3, -0.25) is 4.90 Å². The number of piperidine rings is 1. The lowest BCUT2D eigenvalue weighted by atomic mass is 9.91. The van der Waals surface area contributed by atoms with E-state index >= 15 is 0 Å². The number of ether oxygens (including phenoxy) is 2. The summed E-state index contributed by atoms with van der Waals surface area (Å²) in [7, 11) is 0. The van der Waals surface area contributed by atoms with Crippen LogP contribution in [0.3, 0.4) is 0 Å². The summed E-state index contributed by atoms with van der Waals surface area (Å²) in [5.74, 6) is -0.446. The van der Waals surface area contributed by atoms with Crippen LogP contribution in [-0.4, -0.2) is 36.7 Å². The number of likely N-dealkylation sites (tertiary alicyclic amines) is 1. The van der Waals surface area contributed by atoms with Crippen LogP contribution in [0.25, 0.3) is 0 Å². The molecule has 0 aromatic heterocycles. The Balaban J connectivity index is 1.20. The van der Waals surface area contributed by atoms with E-state index in [1.807, 2.05) is 30.3 Å². The molecule has 0 amide bonds. The van der Waals surface area contributed by atoms with Gasteiger partial charge in [-0.25, -0.2) is 9.18 Å². The Bertz CT molecular complexity index is 1190. The predicted molar refractivity (Wildman–Crippen MR) is 139 cm³/mol. The molecule has 4 nitrogen and oxygen atoms in total. The molecule has 3 aromatic rings. The molecule has 0 bridgehead atoms. The van der Waals surface area contributed by atoms with Crippen LogP contribution < -0.4 is 4.74 Å². The average Bonchev–Trinajstić information content (AvgIpc) is 3.68. The van der Waals surface area contributed by atoms with E-state index in [9.17, 15) is 9.18 Å². The first kappa shape index (κ1) is 25.1. The second-order valence-corrected chi connectivity index (χ2v) is 10.4. The number of rotatable bonds is 8. The van der Waals surface area contributed by atoms with Crippen molar-refractivity contribution < 1.29 is 18.7 Å². The Labute approximate surface area is 220 Å². The summed E-state index contributed by atoms with van der Waals surface area (Å²) in [6, 6.07) is 20.5. The molecule has 36 heavy (non-hydrogen) atoms. The maximum Gasteiger partial charge on any atom is 0.341 e. The molecule has 2 fully saturated rings. The number of carbonyl (C=O) groups excluding carboxylic acids is 1. The van der Waals surface area contributed by atoms with Crippen LogP contribution in [0.4, 0.5) is 4.39 Å². The first-order valence-electron chi connectivity index (χ1n) is 12.3. The molecule has 0 N–H and O–H groups in total. The van der Waals surface area contributed by atoms with Crippen LogP contribution in [0.5, 0.6) is 5.75 Å². The van der Waals surface area contributed by atoms with Gasteiger partial charge in [-0.2, -0.15) is 0 Å². The Morgan fingerprint density at radius 1 is 0.917 bits per heavy atom. The third-order valence-corrected chi connectivity index (χ3v) is 7.21. The maximum atomic E-state index is 14.4. The van der Waals surface area contributed by atoms with Crippen molar-refractivity contribution in [1.29, 1.82) is 0 Å². The minimum Gasteiger partial charge on any atom is -0.493 e. The Morgan fingerprint density at radius 2 is 1.61 bits per heavy atom. The first-order chi connectivity index (χ1) is 17.5. The van der Waals surface area contributed by atoms with Crippen LogP contribution in [-0.2, 0) is 4.74 Å². The van der Waals surface area contributed by atoms with Crippen molar-refractivity contribution in [2.45, 2.75) is 37.8 Å². The molecule has 7 heteroatoms. The minimum atomic E-state index is -0.612. The highest BCUT2D eigenvalue weighted by Gasteiger charge is 2.29. The Morgan fingerprint density at radius 3 is 2.25 bits per heavy atom. The fourth-order valence-electron chi connectivity index (χ4n) is 4.73. The van der Waals surface area contributed by atoms with E-state index in [0.717, 1.165) is 44.3 Å². The number of hydrogen-bond acceptors (Lipinski definition) is 4. The van der Waals surface area contributed by atoms with Crippen LogP contribution >= 0.6 is 23.2 Å². The molecule has 0 radical (unpaired) electrons. The minimum absolute atomic E-state index is 0.0457. The molecular formula is C29H28Cl2FNO3. The van der Waals surface area contributed by atoms with Gasteiger partial charge in [0.2, 0.25) is 0 Å². The Kier molecular flexibility index (Phi) is 7.80. The lowest BCUT2D eigenvalue weighted by Crippen LogP contribution is -2.38. The first-order valence-corrected chi connectivity index (χ1v) is 13.1. The van der Waals surface area contributed by atoms with E-state index in [-0.39, 0.29) is 17.7 Å². The van der Waals surface area contributed by atoms with Gasteiger partial charge in [0, 0.05) is 16.1 Å². The van der Waals surface area contributed by atoms with Gasteiger partial charge in [0.15, 0.2) is 0 Å². The summed E-state index contributed by atoms with van der Waals surface area (Å²) >= 11 is 12.7. The maximum absolute atomic E-state index is 14.4. The monoisotopic (exact) mass is 527 g/mol. The van der Waals surface area contributed by atoms with E-state index in [4.69, 9.17) is 32.7 Å². The van der Waals surface area contributed by atoms with Gasteiger partial charge in [-0.1, -0.05) is 53.5 Å². The SMILES string of the molecule is O=C(OC1CC1)c1ccc(OCC2CCN(C(c3ccccc3)c3cc(Cl)cc(Cl)c3)CC2)cc1F. The summed E-state index contributed by atoms with van der Waals surface area (Å²) in [4.78, 5) is 14.5. The summed E-state index contributed by atoms with van der Waals surface area (Å²) in [6.45, 7) is 2.27. The number of hydrogen-bond donors (Lipinski definition) is 0. The molecule has 3 aromatic carbocycles. The summed E-state index contributed by atoms with van der Waals surface area (Å²) < 4.78 is 25.5. The standard InChI is InChI=1S/C29H28Cl2FNO3/c30-22-14-21(15-23(31)16-22)28(20-4-2-1-3-5-20)33-12-10-19(11-13-33)18-35-25-8-9-26(27(32)17-25)29(34)36-24-6-7-24/h1-5,8-9,14-17,19,24,28H,6-7,10-13,18H2. The summed E-state index contributed by atoms with van der Waals surface area (Å²) in [5.41, 5.74) is 2.22. The molecule has 1 aliphatic heterocycles. The zero-order chi connectivity index (χ0) is 25.1. The second kappa shape index (κ2) is 11.2. The van der Waals surface area contributed by atoms with Crippen LogP contribution in [0.2, 0.25) is 10.0 Å². The van der Waals surface area contributed by atoms with Gasteiger partial charge in [-0.05, 0) is 86.1 Å². The highest BCUT2D eigenvalue weighted by Crippen LogP contribution is 2.35. The predicted octanol–water partition coefficient (Wildman–Crippen LogP) is 7.33. The summed E-state index contributed by atoms with van der Waals surface area (Å²) in [6.07, 6.45) is 3.55. The average molecular weight is 528 g/mol. The highest BCUT2D eigenvalue weighted by atomic mass is 35.5. The van der Waals surface area contributed by atoms with Gasteiger partial charge in [0.25, 0.3) is 0 Å². The van der Waals surface area contributed by atoms with E-state index < -0.39 is 11.8 Å². The number of halogens is 3. The lowest BCUT2D eigenvalue weighted by Gasteiger charge is -2.38. The molecule has 1 aliphatic carbocycles. The molecule has 5 rings (SSSR count). The quantitative estimate of drug-likeness (QED) is 0.287. The zero-order valence-corrected chi connectivity index (χ0v) is 21.4. The largest absolute Gasteiger partial charge is 0.493 e. The molecule has 1 atom stereocenters. The van der Waals surface area contributed by atoms with Crippen molar-refractivity contribution in [1.82, 2.24) is 4.90 Å². The van der Waals surface area contributed by atoms with E-state index in [2.05, 4.69) is 17.0 Å². The van der Waals surface area contributed by atoms with E-state index in [1.165, 1.54) is 17.7 Å². The smallest absolute Gasteiger partial charge is 0.341 e. The number of nitrogens with zero attached hydrogens (tertiary/aromatic N) is 1. The number of carbonyl (C=O) groups is 1. The third-order valence-electron chi connectivity index (χ3n) is 6.77. The second-order valence-electron chi connectivity index (χ2n) is 9.55. The molecule has 0 spiro atoms. The van der Waals surface area contributed by atoms with E-state index in [0.29, 0.717) is 28.3 Å². The van der Waals surface area contributed by atoms with Crippen molar-refractivity contribution in [3.05, 3.63) is 99.3 Å². The molecule has 188 valence electrons. The zero-order valence-electron chi connectivity index (χ0n) is 19.8. The van der Waals surface area contributed by atoms with Crippen LogP contribution in [0, 0.1) is 11.7 Å². The molecule has 1 heterocycles. The molecule has 1 saturated carbocycles. The summed E-state index contributed by atoms with van der Waals surface area (Å²) in [5, 5.41) is 1.25. The van der Waals surface area contributed by atoms with Crippen molar-refractivity contribution in [3.8, 4) is 5.75 Å². The van der Waals surface area contributed by atoms with Gasteiger partial charge < -0.3 is 9.47 Å². The molecule has 1 saturated heterocycles. The van der Waals surface area contributed by atoms with Crippen molar-refractivity contribution in [3.63, 3.8) is 0 Å². The fraction of sp³-hybridized carbons (Fsp3) is 0.345. The molecular weight excluding hydrogens is 500 g/mol. The third kappa shape index (κ3) is 6.20. The van der Waals surface area contributed by atoms with Crippen LogP contribution in [0.1, 0.15) is 53.2 Å². The van der Waals surface area contributed by atoms with Gasteiger partial charge in [0.1, 0.15) is 17.7 Å². The van der Waals surface area contributed by atoms with Gasteiger partial charge in [-0.15, -0.1) is 0 Å². The highest BCUT2D eigenvalue weighted by molar-refractivity contribution is 6.34. The normalized spacial score (nSPS) is 17.5. The number of benzene rings is 3. The van der Waals surface area contributed by atoms with Gasteiger partial charge >= 0.3 is 5.97 Å². The van der Waals surface area contributed by atoms with Crippen molar-refractivity contribution >= 4 is 29.2 Å². The molecule has 2 aliphatic rings. The van der Waals surface area contributed by atoms with E-state index in [1.54, 1.807) is 12.1 Å². The van der Waals surface area contributed by atoms with Crippen LogP contribution in [0.15, 0.2) is 66.7 Å².